The highest BCUT2D eigenvalue weighted by molar-refractivity contribution is 6.38. The highest BCUT2D eigenvalue weighted by Gasteiger charge is 2.43. The molecule has 0 N–H and O–H groups in total. The minimum absolute atomic E-state index is 0.0802. The summed E-state index contributed by atoms with van der Waals surface area (Å²) < 4.78 is 11.0. The number of esters is 1. The number of rotatable bonds is 11. The summed E-state index contributed by atoms with van der Waals surface area (Å²) in [6.07, 6.45) is 0.799. The molecule has 0 unspecified atom stereocenters. The van der Waals surface area contributed by atoms with Crippen molar-refractivity contribution in [2.75, 3.05) is 13.2 Å². The van der Waals surface area contributed by atoms with E-state index in [2.05, 4.69) is 4.84 Å². The van der Waals surface area contributed by atoms with Gasteiger partial charge in [-0.05, 0) is 57.1 Å². The Morgan fingerprint density at radius 1 is 0.907 bits per heavy atom. The monoisotopic (exact) mass is 592 g/mol. The first kappa shape index (κ1) is 31.4. The van der Waals surface area contributed by atoms with E-state index in [4.69, 9.17) is 9.47 Å². The number of ketones is 1. The first-order valence-corrected chi connectivity index (χ1v) is 14.4. The van der Waals surface area contributed by atoms with Crippen molar-refractivity contribution in [1.29, 1.82) is 0 Å². The van der Waals surface area contributed by atoms with E-state index in [0.29, 0.717) is 37.2 Å². The predicted molar refractivity (Wildman–Crippen MR) is 152 cm³/mol. The Bertz CT molecular complexity index is 1330. The van der Waals surface area contributed by atoms with E-state index in [1.165, 1.54) is 18.7 Å². The zero-order chi connectivity index (χ0) is 31.0. The van der Waals surface area contributed by atoms with Gasteiger partial charge in [-0.2, -0.15) is 0 Å². The van der Waals surface area contributed by atoms with Gasteiger partial charge in [0.1, 0.15) is 18.8 Å². The molecular weight excluding hydrogens is 556 g/mol. The molecule has 2 atom stereocenters. The van der Waals surface area contributed by atoms with Crippen molar-refractivity contribution in [3.63, 3.8) is 0 Å². The smallest absolute Gasteiger partial charge is 0.456 e. The van der Waals surface area contributed by atoms with Crippen LogP contribution in [-0.4, -0.2) is 64.8 Å². The van der Waals surface area contributed by atoms with Crippen LogP contribution in [-0.2, 0) is 44.7 Å². The fourth-order valence-electron chi connectivity index (χ4n) is 5.03. The molecule has 2 aromatic carbocycles. The van der Waals surface area contributed by atoms with Gasteiger partial charge < -0.3 is 14.4 Å². The minimum Gasteiger partial charge on any atom is -0.456 e. The molecule has 11 nitrogen and oxygen atoms in total. The predicted octanol–water partition coefficient (Wildman–Crippen LogP) is 4.10. The van der Waals surface area contributed by atoms with Gasteiger partial charge in [-0.3, -0.25) is 24.0 Å². The molecule has 2 fully saturated rings. The van der Waals surface area contributed by atoms with Crippen molar-refractivity contribution in [1.82, 2.24) is 9.96 Å². The third-order valence-electron chi connectivity index (χ3n) is 7.53. The van der Waals surface area contributed by atoms with E-state index in [1.807, 2.05) is 60.7 Å². The zero-order valence-electron chi connectivity index (χ0n) is 24.4. The molecule has 2 aromatic rings. The Kier molecular flexibility index (Phi) is 10.3. The van der Waals surface area contributed by atoms with Crippen LogP contribution < -0.4 is 0 Å². The highest BCUT2D eigenvalue weighted by atomic mass is 16.8. The molecule has 0 spiro atoms. The third-order valence-corrected chi connectivity index (χ3v) is 7.53. The molecule has 0 radical (unpaired) electrons. The maximum atomic E-state index is 13.5. The molecule has 11 heteroatoms. The minimum atomic E-state index is -1.48. The van der Waals surface area contributed by atoms with Crippen LogP contribution in [0.4, 0.5) is 4.79 Å². The average Bonchev–Trinajstić information content (AvgIpc) is 3.34. The van der Waals surface area contributed by atoms with Crippen LogP contribution in [0.15, 0.2) is 60.7 Å². The van der Waals surface area contributed by atoms with Crippen molar-refractivity contribution in [3.8, 4) is 0 Å². The number of nitrogens with zero attached hydrogens (tertiary/aromatic N) is 2. The Labute approximate surface area is 250 Å². The summed E-state index contributed by atoms with van der Waals surface area (Å²) in [6, 6.07) is 18.3. The number of amides is 3. The number of ether oxygens (including phenoxy) is 2. The second kappa shape index (κ2) is 14.1. The normalized spacial score (nSPS) is 17.8. The van der Waals surface area contributed by atoms with Crippen LogP contribution in [0.25, 0.3) is 0 Å². The number of carbonyl (C=O) groups is 6. The number of hydrogen-bond acceptors (Lipinski definition) is 9. The Morgan fingerprint density at radius 3 is 2.19 bits per heavy atom. The van der Waals surface area contributed by atoms with E-state index >= 15 is 0 Å². The Balaban J connectivity index is 1.40. The van der Waals surface area contributed by atoms with E-state index in [9.17, 15) is 28.8 Å². The van der Waals surface area contributed by atoms with Crippen LogP contribution >= 0.6 is 0 Å². The second-order valence-electron chi connectivity index (χ2n) is 11.3. The molecule has 0 saturated carbocycles. The molecule has 3 amide bonds. The Morgan fingerprint density at radius 2 is 1.53 bits per heavy atom. The molecular formula is C32H36N2O9. The third kappa shape index (κ3) is 8.06. The van der Waals surface area contributed by atoms with Crippen molar-refractivity contribution < 1.29 is 43.1 Å². The summed E-state index contributed by atoms with van der Waals surface area (Å²) >= 11 is 0. The van der Waals surface area contributed by atoms with Gasteiger partial charge in [0.15, 0.2) is 0 Å². The van der Waals surface area contributed by atoms with Gasteiger partial charge in [0, 0.05) is 19.4 Å². The Hall–Kier alpha value is -4.54. The maximum Gasteiger partial charge on any atom is 0.533 e. The number of carbonyl (C=O) groups excluding carboxylic acids is 6. The number of Topliss-reactive ketones (excluding diaryl/α,β-unsaturated/α-hetero) is 1. The lowest BCUT2D eigenvalue weighted by Crippen LogP contribution is -2.54. The van der Waals surface area contributed by atoms with Gasteiger partial charge in [-0.15, -0.1) is 0 Å². The van der Waals surface area contributed by atoms with Crippen molar-refractivity contribution in [2.24, 2.45) is 5.41 Å². The molecule has 228 valence electrons. The average molecular weight is 593 g/mol. The lowest BCUT2D eigenvalue weighted by Gasteiger charge is -2.36. The van der Waals surface area contributed by atoms with Crippen LogP contribution in [0.5, 0.6) is 0 Å². The number of imide groups is 1. The molecule has 4 rings (SSSR count). The van der Waals surface area contributed by atoms with E-state index in [0.717, 1.165) is 11.1 Å². The summed E-state index contributed by atoms with van der Waals surface area (Å²) in [6.45, 7) is 2.48. The lowest BCUT2D eigenvalue weighted by molar-refractivity contribution is -0.178. The molecule has 43 heavy (non-hydrogen) atoms. The molecule has 0 aromatic heterocycles. The lowest BCUT2D eigenvalue weighted by atomic mass is 9.87. The van der Waals surface area contributed by atoms with Gasteiger partial charge in [0.05, 0.1) is 5.41 Å². The topological polar surface area (TPSA) is 137 Å². The van der Waals surface area contributed by atoms with E-state index in [-0.39, 0.29) is 19.4 Å². The molecule has 0 aliphatic carbocycles. The van der Waals surface area contributed by atoms with Crippen molar-refractivity contribution in [3.05, 3.63) is 71.8 Å². The summed E-state index contributed by atoms with van der Waals surface area (Å²) in [5.74, 6) is -3.68. The molecule has 2 saturated heterocycles. The molecule has 2 heterocycles. The number of hydrogen-bond donors (Lipinski definition) is 0. The summed E-state index contributed by atoms with van der Waals surface area (Å²) in [4.78, 5) is 81.6. The summed E-state index contributed by atoms with van der Waals surface area (Å²) in [5.41, 5.74) is 0.453. The van der Waals surface area contributed by atoms with Gasteiger partial charge in [-0.25, -0.2) is 9.59 Å². The number of hydroxylamine groups is 2. The number of likely N-dealkylation sites (tertiary alicyclic amines) is 1. The highest BCUT2D eigenvalue weighted by Crippen LogP contribution is 2.28. The summed E-state index contributed by atoms with van der Waals surface area (Å²) in [5, 5.41) is 0.328. The SMILES string of the molecule is CC(C)(COC(=O)ON1C(=O)CCC1=O)C(=O)C(=O)N1CCCC[C@H]1C(=O)O[C@H](CCc1ccccc1)c1ccccc1. The van der Waals surface area contributed by atoms with Crippen LogP contribution in [0.1, 0.15) is 69.6 Å². The van der Waals surface area contributed by atoms with Crippen molar-refractivity contribution in [2.45, 2.75) is 70.9 Å². The van der Waals surface area contributed by atoms with Gasteiger partial charge in [0.2, 0.25) is 5.78 Å². The number of piperidine rings is 1. The van der Waals surface area contributed by atoms with Gasteiger partial charge in [-0.1, -0.05) is 65.7 Å². The van der Waals surface area contributed by atoms with E-state index < -0.39 is 59.8 Å². The molecule has 2 aliphatic heterocycles. The quantitative estimate of drug-likeness (QED) is 0.215. The fraction of sp³-hybridized carbons (Fsp3) is 0.438. The number of aryl methyl sites for hydroxylation is 1. The maximum absolute atomic E-state index is 13.5. The standard InChI is InChI=1S/C32H36N2O9/c1-32(2,21-41-31(40)43-34-26(35)18-19-27(34)36)28(37)29(38)33-20-10-9-15-24(33)30(39)42-25(23-13-7-4-8-14-23)17-16-22-11-5-3-6-12-22/h3-8,11-14,24-25H,9-10,15-21H2,1-2H3/t24-,25+/m0/s1. The van der Waals surface area contributed by atoms with Crippen molar-refractivity contribution >= 4 is 35.6 Å². The fourth-order valence-corrected chi connectivity index (χ4v) is 5.03. The van der Waals surface area contributed by atoms with Gasteiger partial charge in [0.25, 0.3) is 17.7 Å². The largest absolute Gasteiger partial charge is 0.533 e. The first-order chi connectivity index (χ1) is 20.6. The van der Waals surface area contributed by atoms with Gasteiger partial charge >= 0.3 is 12.1 Å². The second-order valence-corrected chi connectivity index (χ2v) is 11.3. The summed E-state index contributed by atoms with van der Waals surface area (Å²) in [7, 11) is 0. The van der Waals surface area contributed by atoms with Crippen LogP contribution in [0, 0.1) is 5.41 Å². The zero-order valence-corrected chi connectivity index (χ0v) is 24.4. The molecule has 0 bridgehead atoms. The molecule has 2 aliphatic rings. The van der Waals surface area contributed by atoms with Crippen LogP contribution in [0.2, 0.25) is 0 Å². The number of benzene rings is 2. The van der Waals surface area contributed by atoms with E-state index in [1.54, 1.807) is 0 Å². The first-order valence-electron chi connectivity index (χ1n) is 14.4. The van der Waals surface area contributed by atoms with Crippen LogP contribution in [0.3, 0.4) is 0 Å².